The lowest BCUT2D eigenvalue weighted by Gasteiger charge is -2.42. The molecule has 8 nitrogen and oxygen atoms in total. The van der Waals surface area contributed by atoms with Gasteiger partial charge in [-0.1, -0.05) is 6.92 Å². The van der Waals surface area contributed by atoms with E-state index in [2.05, 4.69) is 37.1 Å². The molecule has 0 spiro atoms. The average molecular weight is 400 g/mol. The minimum Gasteiger partial charge on any atom is -0.354 e. The molecule has 3 aromatic rings. The molecule has 1 fully saturated rings. The van der Waals surface area contributed by atoms with Crippen molar-refractivity contribution in [1.29, 1.82) is 0 Å². The van der Waals surface area contributed by atoms with E-state index in [4.69, 9.17) is 0 Å². The van der Waals surface area contributed by atoms with E-state index in [1.165, 1.54) is 11.3 Å². The van der Waals surface area contributed by atoms with Crippen LogP contribution in [0.3, 0.4) is 0 Å². The first-order chi connectivity index (χ1) is 13.4. The summed E-state index contributed by atoms with van der Waals surface area (Å²) in [6.07, 6.45) is 4.40. The number of H-pyrrole nitrogens is 1. The lowest BCUT2D eigenvalue weighted by molar-refractivity contribution is 0.172. The number of rotatable bonds is 3. The molecule has 0 aliphatic carbocycles. The quantitative estimate of drug-likeness (QED) is 0.704. The van der Waals surface area contributed by atoms with E-state index in [1.807, 2.05) is 38.1 Å². The summed E-state index contributed by atoms with van der Waals surface area (Å²) in [5, 5.41) is 4.61. The molecular formula is C19H25N7OS. The summed E-state index contributed by atoms with van der Waals surface area (Å²) in [4.78, 5) is 34.3. The van der Waals surface area contributed by atoms with E-state index in [0.29, 0.717) is 17.6 Å². The van der Waals surface area contributed by atoms with Crippen molar-refractivity contribution in [1.82, 2.24) is 24.8 Å². The van der Waals surface area contributed by atoms with Gasteiger partial charge in [0.25, 0.3) is 0 Å². The molecule has 1 aliphatic heterocycles. The van der Waals surface area contributed by atoms with Crippen LogP contribution in [0.2, 0.25) is 0 Å². The number of urea groups is 1. The highest BCUT2D eigenvalue weighted by molar-refractivity contribution is 7.15. The zero-order valence-electron chi connectivity index (χ0n) is 16.6. The van der Waals surface area contributed by atoms with Crippen molar-refractivity contribution in [2.24, 2.45) is 5.92 Å². The third-order valence-corrected chi connectivity index (χ3v) is 6.60. The fraction of sp³-hybridized carbons (Fsp3) is 0.474. The number of aromatic amines is 1. The number of piperidine rings is 1. The first-order valence-electron chi connectivity index (χ1n) is 9.45. The topological polar surface area (TPSA) is 90.0 Å². The number of aryl methyl sites for hydroxylation is 2. The highest BCUT2D eigenvalue weighted by Crippen LogP contribution is 2.29. The van der Waals surface area contributed by atoms with Crippen LogP contribution in [0.25, 0.3) is 11.0 Å². The van der Waals surface area contributed by atoms with Gasteiger partial charge in [0.2, 0.25) is 0 Å². The van der Waals surface area contributed by atoms with E-state index in [1.54, 1.807) is 6.33 Å². The molecular weight excluding hydrogens is 374 g/mol. The highest BCUT2D eigenvalue weighted by atomic mass is 32.1. The number of fused-ring (bicyclic) bond motifs is 1. The van der Waals surface area contributed by atoms with Crippen LogP contribution in [0, 0.1) is 19.8 Å². The Labute approximate surface area is 168 Å². The van der Waals surface area contributed by atoms with Crippen molar-refractivity contribution in [2.75, 3.05) is 30.4 Å². The summed E-state index contributed by atoms with van der Waals surface area (Å²) in [5.74, 6) is 1.33. The molecule has 2 unspecified atom stereocenters. The number of carbonyl (C=O) groups is 1. The van der Waals surface area contributed by atoms with E-state index < -0.39 is 0 Å². The monoisotopic (exact) mass is 399 g/mol. The molecule has 1 saturated heterocycles. The van der Waals surface area contributed by atoms with Gasteiger partial charge >= 0.3 is 6.03 Å². The molecule has 4 rings (SSSR count). The number of hydrogen-bond acceptors (Lipinski definition) is 6. The fourth-order valence-electron chi connectivity index (χ4n) is 3.73. The summed E-state index contributed by atoms with van der Waals surface area (Å²) >= 11 is 1.51. The van der Waals surface area contributed by atoms with Crippen molar-refractivity contribution in [3.63, 3.8) is 0 Å². The number of thiazole rings is 1. The molecule has 2 atom stereocenters. The first kappa shape index (κ1) is 18.7. The molecule has 4 heterocycles. The van der Waals surface area contributed by atoms with Gasteiger partial charge in [-0.25, -0.2) is 19.7 Å². The predicted molar refractivity (Wildman–Crippen MR) is 112 cm³/mol. The predicted octanol–water partition coefficient (Wildman–Crippen LogP) is 3.41. The Hall–Kier alpha value is -2.68. The number of carbonyl (C=O) groups excluding carboxylic acids is 1. The average Bonchev–Trinajstić information content (AvgIpc) is 3.27. The minimum absolute atomic E-state index is 0.0893. The van der Waals surface area contributed by atoms with Gasteiger partial charge in [-0.2, -0.15) is 0 Å². The molecule has 1 aliphatic rings. The lowest BCUT2D eigenvalue weighted by atomic mass is 9.92. The summed E-state index contributed by atoms with van der Waals surface area (Å²) in [7, 11) is 2.05. The number of likely N-dealkylation sites (N-methyl/N-ethyl adjacent to an activating group) is 1. The largest absolute Gasteiger partial charge is 0.354 e. The number of anilines is 2. The van der Waals surface area contributed by atoms with Crippen molar-refractivity contribution < 1.29 is 4.79 Å². The Morgan fingerprint density at radius 1 is 1.39 bits per heavy atom. The van der Waals surface area contributed by atoms with E-state index in [9.17, 15) is 4.79 Å². The second-order valence-electron chi connectivity index (χ2n) is 7.42. The SMILES string of the molecule is Cc1nc(NC(=O)N2CCC(C)C(N(C)c3ncnc4[nH]ccc34)C2)sc1C. The fourth-order valence-corrected chi connectivity index (χ4v) is 4.54. The van der Waals surface area contributed by atoms with Crippen LogP contribution in [0.15, 0.2) is 18.6 Å². The maximum Gasteiger partial charge on any atom is 0.323 e. The molecule has 0 radical (unpaired) electrons. The smallest absolute Gasteiger partial charge is 0.323 e. The van der Waals surface area contributed by atoms with Gasteiger partial charge in [-0.15, -0.1) is 11.3 Å². The summed E-state index contributed by atoms with van der Waals surface area (Å²) in [6.45, 7) is 7.59. The van der Waals surface area contributed by atoms with Crippen LogP contribution in [0.4, 0.5) is 15.7 Å². The Morgan fingerprint density at radius 2 is 2.21 bits per heavy atom. The van der Waals surface area contributed by atoms with Crippen molar-refractivity contribution >= 4 is 39.4 Å². The molecule has 9 heteroatoms. The maximum atomic E-state index is 12.8. The number of likely N-dealkylation sites (tertiary alicyclic amines) is 1. The number of hydrogen-bond donors (Lipinski definition) is 2. The van der Waals surface area contributed by atoms with Gasteiger partial charge in [0, 0.05) is 31.2 Å². The molecule has 3 aromatic heterocycles. The van der Waals surface area contributed by atoms with Crippen LogP contribution in [-0.2, 0) is 0 Å². The molecule has 0 bridgehead atoms. The van der Waals surface area contributed by atoms with Crippen LogP contribution in [-0.4, -0.2) is 57.0 Å². The molecule has 148 valence electrons. The van der Waals surface area contributed by atoms with E-state index >= 15 is 0 Å². The zero-order valence-corrected chi connectivity index (χ0v) is 17.4. The van der Waals surface area contributed by atoms with Gasteiger partial charge < -0.3 is 14.8 Å². The van der Waals surface area contributed by atoms with Gasteiger partial charge in [0.15, 0.2) is 5.13 Å². The normalized spacial score (nSPS) is 19.8. The van der Waals surface area contributed by atoms with Crippen molar-refractivity contribution in [2.45, 2.75) is 33.2 Å². The second-order valence-corrected chi connectivity index (χ2v) is 8.62. The lowest BCUT2D eigenvalue weighted by Crippen LogP contribution is -2.53. The summed E-state index contributed by atoms with van der Waals surface area (Å²) in [5.41, 5.74) is 1.79. The van der Waals surface area contributed by atoms with Gasteiger partial charge in [0.05, 0.1) is 17.1 Å². The molecule has 2 N–H and O–H groups in total. The highest BCUT2D eigenvalue weighted by Gasteiger charge is 2.33. The van der Waals surface area contributed by atoms with Crippen LogP contribution < -0.4 is 10.2 Å². The Balaban J connectivity index is 1.51. The molecule has 0 saturated carbocycles. The first-order valence-corrected chi connectivity index (χ1v) is 10.3. The van der Waals surface area contributed by atoms with Crippen molar-refractivity contribution in [3.05, 3.63) is 29.2 Å². The summed E-state index contributed by atoms with van der Waals surface area (Å²) in [6, 6.07) is 2.08. The van der Waals surface area contributed by atoms with Crippen LogP contribution in [0.1, 0.15) is 23.9 Å². The van der Waals surface area contributed by atoms with Gasteiger partial charge in [-0.3, -0.25) is 5.32 Å². The molecule has 0 aromatic carbocycles. The van der Waals surface area contributed by atoms with Crippen molar-refractivity contribution in [3.8, 4) is 0 Å². The Bertz CT molecular complexity index is 978. The standard InChI is InChI=1S/C19H25N7OS/c1-11-6-8-26(19(27)24-18-23-12(2)13(3)28-18)9-15(11)25(4)17-14-5-7-20-16(14)21-10-22-17/h5,7,10-11,15H,6,8-9H2,1-4H3,(H,20,21,22)(H,23,24,27). The number of nitrogens with one attached hydrogen (secondary N) is 2. The minimum atomic E-state index is -0.0893. The van der Waals surface area contributed by atoms with Crippen LogP contribution >= 0.6 is 11.3 Å². The Morgan fingerprint density at radius 3 is 2.96 bits per heavy atom. The van der Waals surface area contributed by atoms with E-state index in [-0.39, 0.29) is 12.1 Å². The Kier molecular flexibility index (Phi) is 4.92. The number of nitrogens with zero attached hydrogens (tertiary/aromatic N) is 5. The number of aromatic nitrogens is 4. The van der Waals surface area contributed by atoms with E-state index in [0.717, 1.165) is 40.4 Å². The molecule has 2 amide bonds. The summed E-state index contributed by atoms with van der Waals surface area (Å²) < 4.78 is 0. The maximum absolute atomic E-state index is 12.8. The van der Waals surface area contributed by atoms with Crippen LogP contribution in [0.5, 0.6) is 0 Å². The third kappa shape index (κ3) is 3.42. The van der Waals surface area contributed by atoms with Gasteiger partial charge in [0.1, 0.15) is 17.8 Å². The third-order valence-electron chi connectivity index (χ3n) is 5.61. The van der Waals surface area contributed by atoms with Gasteiger partial charge in [-0.05, 0) is 32.3 Å². The zero-order chi connectivity index (χ0) is 19.8. The molecule has 28 heavy (non-hydrogen) atoms. The number of amides is 2. The second kappa shape index (κ2) is 7.38.